The van der Waals surface area contributed by atoms with Gasteiger partial charge in [-0.1, -0.05) is 13.8 Å². The summed E-state index contributed by atoms with van der Waals surface area (Å²) in [7, 11) is 0. The van der Waals surface area contributed by atoms with Crippen LogP contribution in [0.15, 0.2) is 30.6 Å². The fourth-order valence-corrected chi connectivity index (χ4v) is 2.43. The molecule has 1 heterocycles. The fraction of sp³-hybridized carbons (Fsp3) is 0.438. The average molecular weight is 273 g/mol. The van der Waals surface area contributed by atoms with Gasteiger partial charge in [-0.3, -0.25) is 4.98 Å². The van der Waals surface area contributed by atoms with E-state index in [4.69, 9.17) is 5.73 Å². The first-order valence-electron chi connectivity index (χ1n) is 7.12. The van der Waals surface area contributed by atoms with E-state index in [1.807, 2.05) is 24.4 Å². The van der Waals surface area contributed by atoms with E-state index in [9.17, 15) is 5.11 Å². The number of aliphatic hydroxyl groups is 1. The number of nitrogens with one attached hydrogen (secondary N) is 1. The first-order chi connectivity index (χ1) is 9.65. The van der Waals surface area contributed by atoms with Gasteiger partial charge in [0.15, 0.2) is 0 Å². The summed E-state index contributed by atoms with van der Waals surface area (Å²) in [4.78, 5) is 4.17. The van der Waals surface area contributed by atoms with Gasteiger partial charge >= 0.3 is 0 Å². The second kappa shape index (κ2) is 6.09. The van der Waals surface area contributed by atoms with Crippen molar-refractivity contribution in [1.82, 2.24) is 4.98 Å². The van der Waals surface area contributed by atoms with Crippen molar-refractivity contribution in [3.05, 3.63) is 30.6 Å². The highest BCUT2D eigenvalue weighted by Crippen LogP contribution is 2.30. The highest BCUT2D eigenvalue weighted by atomic mass is 16.3. The Hall–Kier alpha value is -1.81. The molecule has 1 aromatic heterocycles. The molecule has 1 aromatic carbocycles. The molecule has 0 aliphatic rings. The van der Waals surface area contributed by atoms with E-state index in [-0.39, 0.29) is 12.0 Å². The van der Waals surface area contributed by atoms with Gasteiger partial charge in [0, 0.05) is 46.5 Å². The Morgan fingerprint density at radius 1 is 1.20 bits per heavy atom. The first-order valence-corrected chi connectivity index (χ1v) is 7.12. The quantitative estimate of drug-likeness (QED) is 0.707. The maximum Gasteiger partial charge on any atom is 0.0504 e. The van der Waals surface area contributed by atoms with Crippen LogP contribution in [-0.2, 0) is 0 Å². The van der Waals surface area contributed by atoms with E-state index in [0.717, 1.165) is 41.5 Å². The number of aromatic nitrogens is 1. The highest BCUT2D eigenvalue weighted by Gasteiger charge is 2.25. The first kappa shape index (κ1) is 14.6. The standard InChI is InChI=1S/C16H23N3O/c1-3-16(4-2,11-20)10-19-15-6-5-14(17)12-7-8-18-9-13(12)15/h5-9,19-20H,3-4,10-11,17H2,1-2H3. The summed E-state index contributed by atoms with van der Waals surface area (Å²) in [6.07, 6.45) is 5.46. The van der Waals surface area contributed by atoms with Crippen molar-refractivity contribution in [2.24, 2.45) is 5.41 Å². The third kappa shape index (κ3) is 2.70. The molecule has 0 aliphatic carbocycles. The van der Waals surface area contributed by atoms with Gasteiger partial charge in [-0.15, -0.1) is 0 Å². The van der Waals surface area contributed by atoms with E-state index >= 15 is 0 Å². The molecular formula is C16H23N3O. The highest BCUT2D eigenvalue weighted by molar-refractivity contribution is 6.00. The number of pyridine rings is 1. The van der Waals surface area contributed by atoms with Crippen molar-refractivity contribution in [3.8, 4) is 0 Å². The Bertz CT molecular complexity index is 571. The Labute approximate surface area is 120 Å². The maximum atomic E-state index is 9.64. The van der Waals surface area contributed by atoms with Gasteiger partial charge in [0.2, 0.25) is 0 Å². The number of rotatable bonds is 6. The van der Waals surface area contributed by atoms with Crippen LogP contribution in [0.3, 0.4) is 0 Å². The van der Waals surface area contributed by atoms with Crippen LogP contribution in [0.4, 0.5) is 11.4 Å². The molecule has 0 amide bonds. The second-order valence-corrected chi connectivity index (χ2v) is 5.34. The molecule has 2 rings (SSSR count). The van der Waals surface area contributed by atoms with Gasteiger partial charge in [-0.2, -0.15) is 0 Å². The summed E-state index contributed by atoms with van der Waals surface area (Å²) < 4.78 is 0. The molecule has 0 saturated carbocycles. The summed E-state index contributed by atoms with van der Waals surface area (Å²) in [5, 5.41) is 15.1. The van der Waals surface area contributed by atoms with Crippen molar-refractivity contribution in [3.63, 3.8) is 0 Å². The Balaban J connectivity index is 2.29. The SMILES string of the molecule is CCC(CC)(CO)CNc1ccc(N)c2ccncc12. The Morgan fingerprint density at radius 3 is 2.60 bits per heavy atom. The third-order valence-electron chi connectivity index (χ3n) is 4.34. The van der Waals surface area contributed by atoms with E-state index in [2.05, 4.69) is 24.1 Å². The predicted octanol–water partition coefficient (Wildman–Crippen LogP) is 3.03. The van der Waals surface area contributed by atoms with Crippen LogP contribution in [0, 0.1) is 5.41 Å². The number of nitrogens with zero attached hydrogens (tertiary/aromatic N) is 1. The minimum atomic E-state index is -0.0735. The van der Waals surface area contributed by atoms with Gasteiger partial charge in [-0.25, -0.2) is 0 Å². The normalized spacial score (nSPS) is 11.8. The lowest BCUT2D eigenvalue weighted by Crippen LogP contribution is -2.32. The number of hydrogen-bond acceptors (Lipinski definition) is 4. The van der Waals surface area contributed by atoms with Crippen LogP contribution in [-0.4, -0.2) is 23.2 Å². The van der Waals surface area contributed by atoms with Gasteiger partial charge < -0.3 is 16.2 Å². The molecule has 4 nitrogen and oxygen atoms in total. The molecule has 0 aliphatic heterocycles. The van der Waals surface area contributed by atoms with E-state index < -0.39 is 0 Å². The molecule has 20 heavy (non-hydrogen) atoms. The van der Waals surface area contributed by atoms with Gasteiger partial charge in [0.05, 0.1) is 6.61 Å². The molecule has 0 fully saturated rings. The molecule has 0 radical (unpaired) electrons. The summed E-state index contributed by atoms with van der Waals surface area (Å²) in [6, 6.07) is 5.81. The van der Waals surface area contributed by atoms with Gasteiger partial charge in [-0.05, 0) is 31.0 Å². The number of nitrogens with two attached hydrogens (primary N) is 1. The number of hydrogen-bond donors (Lipinski definition) is 3. The monoisotopic (exact) mass is 273 g/mol. The molecule has 0 saturated heterocycles. The summed E-state index contributed by atoms with van der Waals surface area (Å²) >= 11 is 0. The summed E-state index contributed by atoms with van der Waals surface area (Å²) in [5.74, 6) is 0. The molecule has 0 unspecified atom stereocenters. The largest absolute Gasteiger partial charge is 0.398 e. The molecule has 108 valence electrons. The number of aliphatic hydroxyl groups excluding tert-OH is 1. The minimum absolute atomic E-state index is 0.0735. The summed E-state index contributed by atoms with van der Waals surface area (Å²) in [5.41, 5.74) is 7.69. The molecule has 0 atom stereocenters. The lowest BCUT2D eigenvalue weighted by molar-refractivity contribution is 0.127. The Morgan fingerprint density at radius 2 is 1.95 bits per heavy atom. The summed E-state index contributed by atoms with van der Waals surface area (Å²) in [6.45, 7) is 5.16. The zero-order valence-corrected chi connectivity index (χ0v) is 12.2. The predicted molar refractivity (Wildman–Crippen MR) is 84.7 cm³/mol. The van der Waals surface area contributed by atoms with Crippen molar-refractivity contribution in [1.29, 1.82) is 0 Å². The lowest BCUT2D eigenvalue weighted by atomic mass is 9.83. The third-order valence-corrected chi connectivity index (χ3v) is 4.34. The Kier molecular flexibility index (Phi) is 4.45. The van der Waals surface area contributed by atoms with Gasteiger partial charge in [0.1, 0.15) is 0 Å². The number of nitrogen functional groups attached to an aromatic ring is 1. The van der Waals surface area contributed by atoms with Gasteiger partial charge in [0.25, 0.3) is 0 Å². The molecule has 2 aromatic rings. The zero-order valence-electron chi connectivity index (χ0n) is 12.2. The second-order valence-electron chi connectivity index (χ2n) is 5.34. The van der Waals surface area contributed by atoms with Crippen molar-refractivity contribution >= 4 is 22.1 Å². The van der Waals surface area contributed by atoms with Crippen molar-refractivity contribution in [2.45, 2.75) is 26.7 Å². The van der Waals surface area contributed by atoms with Crippen LogP contribution in [0.1, 0.15) is 26.7 Å². The van der Waals surface area contributed by atoms with Crippen molar-refractivity contribution < 1.29 is 5.11 Å². The van der Waals surface area contributed by atoms with Crippen LogP contribution in [0.2, 0.25) is 0 Å². The van der Waals surface area contributed by atoms with Crippen molar-refractivity contribution in [2.75, 3.05) is 24.2 Å². The topological polar surface area (TPSA) is 71.2 Å². The zero-order chi connectivity index (χ0) is 14.6. The number of benzene rings is 1. The minimum Gasteiger partial charge on any atom is -0.398 e. The molecular weight excluding hydrogens is 250 g/mol. The molecule has 4 heteroatoms. The fourth-order valence-electron chi connectivity index (χ4n) is 2.43. The number of fused-ring (bicyclic) bond motifs is 1. The maximum absolute atomic E-state index is 9.64. The van der Waals surface area contributed by atoms with E-state index in [1.165, 1.54) is 0 Å². The number of anilines is 2. The van der Waals surface area contributed by atoms with E-state index in [1.54, 1.807) is 6.20 Å². The van der Waals surface area contributed by atoms with E-state index in [0.29, 0.717) is 0 Å². The van der Waals surface area contributed by atoms with Crippen LogP contribution < -0.4 is 11.1 Å². The van der Waals surface area contributed by atoms with Crippen LogP contribution >= 0.6 is 0 Å². The molecule has 4 N–H and O–H groups in total. The average Bonchev–Trinajstić information content (AvgIpc) is 2.51. The van der Waals surface area contributed by atoms with Crippen LogP contribution in [0.5, 0.6) is 0 Å². The lowest BCUT2D eigenvalue weighted by Gasteiger charge is -2.30. The molecule has 0 bridgehead atoms. The smallest absolute Gasteiger partial charge is 0.0504 e. The van der Waals surface area contributed by atoms with Crippen LogP contribution in [0.25, 0.3) is 10.8 Å². The molecule has 0 spiro atoms.